The Morgan fingerprint density at radius 2 is 1.31 bits per heavy atom. The zero-order valence-corrected chi connectivity index (χ0v) is 11.7. The first-order valence-electron chi connectivity index (χ1n) is 5.74. The molecule has 0 saturated carbocycles. The third-order valence-electron chi connectivity index (χ3n) is 1.62. The fourth-order valence-corrected chi connectivity index (χ4v) is 3.00. The smallest absolute Gasteiger partial charge is 0.369 e. The average Bonchev–Trinajstić information content (AvgIpc) is 2.26. The third kappa shape index (κ3) is 6.25. The highest BCUT2D eigenvalue weighted by atomic mass is 28.4. The molecule has 0 spiro atoms. The van der Waals surface area contributed by atoms with Crippen molar-refractivity contribution < 1.29 is 18.0 Å². The summed E-state index contributed by atoms with van der Waals surface area (Å²) in [5.41, 5.74) is 2.97. The molecular formula is C11H22O4Si. The molecule has 0 aliphatic heterocycles. The Balaban J connectivity index is 4.49. The van der Waals surface area contributed by atoms with E-state index in [0.717, 1.165) is 0 Å². The van der Waals surface area contributed by atoms with E-state index >= 15 is 0 Å². The van der Waals surface area contributed by atoms with Crippen LogP contribution in [0.4, 0.5) is 0 Å². The van der Waals surface area contributed by atoms with Gasteiger partial charge in [-0.05, 0) is 33.2 Å². The molecule has 0 aliphatic rings. The van der Waals surface area contributed by atoms with Gasteiger partial charge in [-0.2, -0.15) is 0 Å². The molecule has 0 atom stereocenters. The van der Waals surface area contributed by atoms with Crippen molar-refractivity contribution in [2.45, 2.75) is 27.7 Å². The van der Waals surface area contributed by atoms with Crippen molar-refractivity contribution >= 4 is 8.80 Å². The molecule has 5 heteroatoms. The second-order valence-electron chi connectivity index (χ2n) is 2.79. The van der Waals surface area contributed by atoms with Crippen LogP contribution in [-0.2, 0) is 18.0 Å². The van der Waals surface area contributed by atoms with Crippen molar-refractivity contribution in [1.29, 1.82) is 0 Å². The van der Waals surface area contributed by atoms with Crippen molar-refractivity contribution in [3.05, 3.63) is 0 Å². The van der Waals surface area contributed by atoms with E-state index in [1.807, 2.05) is 27.7 Å². The van der Waals surface area contributed by atoms with E-state index in [0.29, 0.717) is 33.0 Å². The Bertz CT molecular complexity index is 205. The van der Waals surface area contributed by atoms with Crippen molar-refractivity contribution in [2.75, 3.05) is 33.0 Å². The maximum Gasteiger partial charge on any atom is 0.591 e. The van der Waals surface area contributed by atoms with Crippen molar-refractivity contribution in [3.8, 4) is 11.5 Å². The van der Waals surface area contributed by atoms with Gasteiger partial charge in [-0.15, -0.1) is 0 Å². The predicted octanol–water partition coefficient (Wildman–Crippen LogP) is 1.61. The van der Waals surface area contributed by atoms with Crippen LogP contribution in [0.25, 0.3) is 0 Å². The van der Waals surface area contributed by atoms with Crippen LogP contribution in [0.2, 0.25) is 0 Å². The number of rotatable bonds is 8. The second kappa shape index (κ2) is 9.82. The molecule has 0 radical (unpaired) electrons. The first-order valence-corrected chi connectivity index (χ1v) is 7.46. The zero-order valence-electron chi connectivity index (χ0n) is 10.7. The van der Waals surface area contributed by atoms with Gasteiger partial charge in [0, 0.05) is 26.4 Å². The fraction of sp³-hybridized carbons (Fsp3) is 0.818. The van der Waals surface area contributed by atoms with Crippen molar-refractivity contribution in [1.82, 2.24) is 0 Å². The lowest BCUT2D eigenvalue weighted by atomic mass is 10.7. The number of hydrogen-bond acceptors (Lipinski definition) is 4. The Morgan fingerprint density at radius 3 is 1.69 bits per heavy atom. The monoisotopic (exact) mass is 246 g/mol. The van der Waals surface area contributed by atoms with Crippen LogP contribution in [0.1, 0.15) is 27.7 Å². The summed E-state index contributed by atoms with van der Waals surface area (Å²) in [6.07, 6.45) is 0. The first-order chi connectivity index (χ1) is 7.74. The zero-order chi connectivity index (χ0) is 12.3. The van der Waals surface area contributed by atoms with E-state index in [1.165, 1.54) is 0 Å². The van der Waals surface area contributed by atoms with E-state index in [9.17, 15) is 0 Å². The normalized spacial score (nSPS) is 11.0. The molecule has 0 bridgehead atoms. The molecule has 0 fully saturated rings. The lowest BCUT2D eigenvalue weighted by Gasteiger charge is -2.22. The molecule has 0 amide bonds. The topological polar surface area (TPSA) is 36.9 Å². The quantitative estimate of drug-likeness (QED) is 0.370. The summed E-state index contributed by atoms with van der Waals surface area (Å²) in [5.74, 6) is 2.90. The predicted molar refractivity (Wildman–Crippen MR) is 64.9 cm³/mol. The molecule has 0 saturated heterocycles. The Hall–Kier alpha value is -0.383. The highest BCUT2D eigenvalue weighted by molar-refractivity contribution is 6.69. The lowest BCUT2D eigenvalue weighted by molar-refractivity contribution is 0.0869. The molecular weight excluding hydrogens is 224 g/mol. The van der Waals surface area contributed by atoms with Gasteiger partial charge in [0.15, 0.2) is 0 Å². The number of ether oxygens (including phenoxy) is 1. The van der Waals surface area contributed by atoms with Crippen LogP contribution in [0.3, 0.4) is 0 Å². The number of hydrogen-bond donors (Lipinski definition) is 0. The summed E-state index contributed by atoms with van der Waals surface area (Å²) < 4.78 is 21.8. The summed E-state index contributed by atoms with van der Waals surface area (Å²) in [6, 6.07) is 0. The molecule has 0 aliphatic carbocycles. The van der Waals surface area contributed by atoms with Crippen LogP contribution in [-0.4, -0.2) is 41.8 Å². The van der Waals surface area contributed by atoms with Gasteiger partial charge in [0.25, 0.3) is 0 Å². The van der Waals surface area contributed by atoms with Crippen LogP contribution < -0.4 is 0 Å². The van der Waals surface area contributed by atoms with Gasteiger partial charge in [-0.3, -0.25) is 0 Å². The first kappa shape index (κ1) is 15.6. The summed E-state index contributed by atoms with van der Waals surface area (Å²) in [4.78, 5) is 0. The van der Waals surface area contributed by atoms with Gasteiger partial charge in [-0.1, -0.05) is 5.92 Å². The largest absolute Gasteiger partial charge is 0.591 e. The highest BCUT2D eigenvalue weighted by Gasteiger charge is 2.39. The molecule has 0 heterocycles. The second-order valence-corrected chi connectivity index (χ2v) is 5.02. The van der Waals surface area contributed by atoms with Gasteiger partial charge in [0.1, 0.15) is 6.61 Å². The molecule has 16 heavy (non-hydrogen) atoms. The highest BCUT2D eigenvalue weighted by Crippen LogP contribution is 2.08. The van der Waals surface area contributed by atoms with E-state index in [1.54, 1.807) is 0 Å². The van der Waals surface area contributed by atoms with Crippen LogP contribution in [0.15, 0.2) is 0 Å². The minimum atomic E-state index is -2.79. The van der Waals surface area contributed by atoms with Crippen LogP contribution >= 0.6 is 0 Å². The van der Waals surface area contributed by atoms with Gasteiger partial charge >= 0.3 is 8.80 Å². The summed E-state index contributed by atoms with van der Waals surface area (Å²) in [7, 11) is -2.79. The van der Waals surface area contributed by atoms with Gasteiger partial charge < -0.3 is 18.0 Å². The summed E-state index contributed by atoms with van der Waals surface area (Å²) >= 11 is 0. The maximum atomic E-state index is 5.56. The fourth-order valence-electron chi connectivity index (χ4n) is 1.10. The lowest BCUT2D eigenvalue weighted by Crippen LogP contribution is -2.45. The molecule has 0 N–H and O–H groups in total. The molecule has 0 aromatic rings. The Morgan fingerprint density at radius 1 is 0.812 bits per heavy atom. The van der Waals surface area contributed by atoms with E-state index in [2.05, 4.69) is 11.5 Å². The summed E-state index contributed by atoms with van der Waals surface area (Å²) in [6.45, 7) is 10.3. The van der Waals surface area contributed by atoms with E-state index < -0.39 is 8.80 Å². The average molecular weight is 246 g/mol. The van der Waals surface area contributed by atoms with Crippen LogP contribution in [0, 0.1) is 11.5 Å². The van der Waals surface area contributed by atoms with Crippen molar-refractivity contribution in [3.63, 3.8) is 0 Å². The van der Waals surface area contributed by atoms with Gasteiger partial charge in [0.05, 0.1) is 0 Å². The Labute approximate surface area is 99.6 Å². The van der Waals surface area contributed by atoms with Crippen molar-refractivity contribution in [2.24, 2.45) is 0 Å². The Kier molecular flexibility index (Phi) is 9.58. The third-order valence-corrected chi connectivity index (χ3v) is 4.11. The minimum Gasteiger partial charge on any atom is -0.369 e. The molecule has 0 aromatic carbocycles. The van der Waals surface area contributed by atoms with E-state index in [4.69, 9.17) is 18.0 Å². The molecule has 0 rings (SSSR count). The van der Waals surface area contributed by atoms with Crippen LogP contribution in [0.5, 0.6) is 0 Å². The SMILES string of the molecule is CCOCC#C[Si](OCC)(OCC)OCC. The standard InChI is InChI=1S/C11H22O4Si/c1-5-12-10-9-11-16(13-6-2,14-7-3)15-8-4/h5-8,10H2,1-4H3. The minimum absolute atomic E-state index is 0.387. The van der Waals surface area contributed by atoms with E-state index in [-0.39, 0.29) is 0 Å². The van der Waals surface area contributed by atoms with Gasteiger partial charge in [-0.25, -0.2) is 0 Å². The molecule has 0 aromatic heterocycles. The summed E-state index contributed by atoms with van der Waals surface area (Å²) in [5, 5.41) is 0. The maximum absolute atomic E-state index is 5.56. The molecule has 94 valence electrons. The molecule has 0 unspecified atom stereocenters. The molecule has 4 nitrogen and oxygen atoms in total. The van der Waals surface area contributed by atoms with Gasteiger partial charge in [0.2, 0.25) is 0 Å².